The van der Waals surface area contributed by atoms with E-state index in [-0.39, 0.29) is 29.9 Å². The van der Waals surface area contributed by atoms with Crippen molar-refractivity contribution in [3.63, 3.8) is 0 Å². The summed E-state index contributed by atoms with van der Waals surface area (Å²) in [5.41, 5.74) is 2.85. The van der Waals surface area contributed by atoms with Crippen molar-refractivity contribution in [2.45, 2.75) is 44.7 Å². The van der Waals surface area contributed by atoms with Crippen LogP contribution in [0.2, 0.25) is 0 Å². The van der Waals surface area contributed by atoms with Gasteiger partial charge in [-0.3, -0.25) is 9.59 Å². The van der Waals surface area contributed by atoms with Crippen molar-refractivity contribution in [1.82, 2.24) is 14.4 Å². The molecule has 7 nitrogen and oxygen atoms in total. The SMILES string of the molecule is COC(=O)c1cccn1C1CCN(C(=O)CC2c3ccccc3CCN2C(C)=O)CC1. The van der Waals surface area contributed by atoms with Gasteiger partial charge >= 0.3 is 5.97 Å². The molecule has 2 aliphatic rings. The highest BCUT2D eigenvalue weighted by molar-refractivity contribution is 5.87. The Kier molecular flexibility index (Phi) is 6.11. The van der Waals surface area contributed by atoms with E-state index in [1.54, 1.807) is 13.0 Å². The first-order valence-corrected chi connectivity index (χ1v) is 10.9. The molecule has 164 valence electrons. The van der Waals surface area contributed by atoms with Gasteiger partial charge in [0, 0.05) is 38.8 Å². The van der Waals surface area contributed by atoms with Crippen LogP contribution in [0.5, 0.6) is 0 Å². The van der Waals surface area contributed by atoms with Gasteiger partial charge in [-0.15, -0.1) is 0 Å². The first-order valence-electron chi connectivity index (χ1n) is 10.9. The summed E-state index contributed by atoms with van der Waals surface area (Å²) in [5.74, 6) is -0.259. The lowest BCUT2D eigenvalue weighted by Gasteiger charge is -2.39. The van der Waals surface area contributed by atoms with E-state index in [2.05, 4.69) is 6.07 Å². The van der Waals surface area contributed by atoms with Crippen LogP contribution in [-0.2, 0) is 20.7 Å². The number of hydrogen-bond acceptors (Lipinski definition) is 4. The van der Waals surface area contributed by atoms with Gasteiger partial charge in [-0.25, -0.2) is 4.79 Å². The quantitative estimate of drug-likeness (QED) is 0.709. The minimum atomic E-state index is -0.344. The molecule has 0 saturated carbocycles. The number of benzene rings is 1. The van der Waals surface area contributed by atoms with E-state index in [0.717, 1.165) is 24.8 Å². The van der Waals surface area contributed by atoms with Crippen molar-refractivity contribution >= 4 is 17.8 Å². The summed E-state index contributed by atoms with van der Waals surface area (Å²) in [4.78, 5) is 41.1. The van der Waals surface area contributed by atoms with Gasteiger partial charge in [-0.2, -0.15) is 0 Å². The van der Waals surface area contributed by atoms with Gasteiger partial charge in [0.1, 0.15) is 5.69 Å². The number of amides is 2. The van der Waals surface area contributed by atoms with E-state index in [1.165, 1.54) is 12.7 Å². The van der Waals surface area contributed by atoms with E-state index < -0.39 is 0 Å². The fourth-order valence-corrected chi connectivity index (χ4v) is 4.93. The molecule has 2 aromatic rings. The van der Waals surface area contributed by atoms with Gasteiger partial charge in [0.25, 0.3) is 0 Å². The fourth-order valence-electron chi connectivity index (χ4n) is 4.93. The molecule has 1 fully saturated rings. The van der Waals surface area contributed by atoms with Gasteiger partial charge < -0.3 is 19.1 Å². The molecular weight excluding hydrogens is 394 g/mol. The highest BCUT2D eigenvalue weighted by atomic mass is 16.5. The topological polar surface area (TPSA) is 71.8 Å². The molecule has 4 rings (SSSR count). The van der Waals surface area contributed by atoms with Crippen LogP contribution in [0, 0.1) is 0 Å². The Labute approximate surface area is 182 Å². The zero-order chi connectivity index (χ0) is 22.0. The van der Waals surface area contributed by atoms with Crippen LogP contribution in [0.25, 0.3) is 0 Å². The third kappa shape index (κ3) is 4.22. The molecule has 0 spiro atoms. The number of esters is 1. The molecule has 2 aliphatic heterocycles. The van der Waals surface area contributed by atoms with Crippen LogP contribution < -0.4 is 0 Å². The van der Waals surface area contributed by atoms with Crippen molar-refractivity contribution < 1.29 is 19.1 Å². The van der Waals surface area contributed by atoms with E-state index in [0.29, 0.717) is 31.7 Å². The number of nitrogens with zero attached hydrogens (tertiary/aromatic N) is 3. The monoisotopic (exact) mass is 423 g/mol. The maximum absolute atomic E-state index is 13.2. The normalized spacial score (nSPS) is 19.1. The predicted molar refractivity (Wildman–Crippen MR) is 116 cm³/mol. The zero-order valence-corrected chi connectivity index (χ0v) is 18.1. The molecule has 1 unspecified atom stereocenters. The lowest BCUT2D eigenvalue weighted by atomic mass is 9.90. The molecule has 1 aromatic carbocycles. The minimum Gasteiger partial charge on any atom is -0.464 e. The third-order valence-electron chi connectivity index (χ3n) is 6.57. The Morgan fingerprint density at radius 2 is 1.77 bits per heavy atom. The van der Waals surface area contributed by atoms with E-state index in [9.17, 15) is 14.4 Å². The molecule has 31 heavy (non-hydrogen) atoms. The molecule has 0 N–H and O–H groups in total. The van der Waals surface area contributed by atoms with Gasteiger partial charge in [-0.1, -0.05) is 24.3 Å². The number of carbonyl (C=O) groups is 3. The minimum absolute atomic E-state index is 0.00830. The van der Waals surface area contributed by atoms with Gasteiger partial charge in [0.05, 0.1) is 19.6 Å². The van der Waals surface area contributed by atoms with Gasteiger partial charge in [0.15, 0.2) is 0 Å². The smallest absolute Gasteiger partial charge is 0.354 e. The second kappa shape index (κ2) is 8.96. The number of piperidine rings is 1. The lowest BCUT2D eigenvalue weighted by Crippen LogP contribution is -2.44. The summed E-state index contributed by atoms with van der Waals surface area (Å²) >= 11 is 0. The predicted octanol–water partition coefficient (Wildman–Crippen LogP) is 2.97. The van der Waals surface area contributed by atoms with E-state index >= 15 is 0 Å². The molecule has 7 heteroatoms. The summed E-state index contributed by atoms with van der Waals surface area (Å²) in [5, 5.41) is 0. The number of hydrogen-bond donors (Lipinski definition) is 0. The number of fused-ring (bicyclic) bond motifs is 1. The molecule has 0 radical (unpaired) electrons. The van der Waals surface area contributed by atoms with Crippen LogP contribution in [0.4, 0.5) is 0 Å². The first-order chi connectivity index (χ1) is 15.0. The van der Waals surface area contributed by atoms with Gasteiger partial charge in [-0.05, 0) is 42.5 Å². The van der Waals surface area contributed by atoms with Crippen LogP contribution in [-0.4, -0.2) is 58.9 Å². The summed E-state index contributed by atoms with van der Waals surface area (Å²) in [6.07, 6.45) is 4.59. The van der Waals surface area contributed by atoms with E-state index in [1.807, 2.05) is 44.8 Å². The molecule has 1 atom stereocenters. The van der Waals surface area contributed by atoms with Crippen LogP contribution in [0.1, 0.15) is 59.9 Å². The summed E-state index contributed by atoms with van der Waals surface area (Å²) in [7, 11) is 1.38. The first kappa shape index (κ1) is 21.2. The molecule has 2 amide bonds. The Balaban J connectivity index is 1.43. The number of aromatic nitrogens is 1. The second-order valence-electron chi connectivity index (χ2n) is 8.29. The number of methoxy groups -OCH3 is 1. The summed E-state index contributed by atoms with van der Waals surface area (Å²) in [6.45, 7) is 3.50. The van der Waals surface area contributed by atoms with Crippen LogP contribution in [0.15, 0.2) is 42.6 Å². The fraction of sp³-hybridized carbons (Fsp3) is 0.458. The highest BCUT2D eigenvalue weighted by Crippen LogP contribution is 2.33. The van der Waals surface area contributed by atoms with E-state index in [4.69, 9.17) is 4.74 Å². The average Bonchev–Trinajstić information content (AvgIpc) is 3.28. The molecular formula is C24H29N3O4. The standard InChI is InChI=1S/C24H29N3O4/c1-17(28)26-15-9-18-6-3-4-7-20(18)22(26)16-23(29)25-13-10-19(11-14-25)27-12-5-8-21(27)24(30)31-2/h3-8,12,19,22H,9-11,13-16H2,1-2H3. The summed E-state index contributed by atoms with van der Waals surface area (Å²) in [6, 6.07) is 11.7. The Bertz CT molecular complexity index is 975. The highest BCUT2D eigenvalue weighted by Gasteiger charge is 2.33. The Hall–Kier alpha value is -3.09. The van der Waals surface area contributed by atoms with Crippen LogP contribution in [0.3, 0.4) is 0 Å². The molecule has 1 aromatic heterocycles. The summed E-state index contributed by atoms with van der Waals surface area (Å²) < 4.78 is 6.83. The molecule has 3 heterocycles. The van der Waals surface area contributed by atoms with Crippen molar-refractivity contribution in [2.24, 2.45) is 0 Å². The number of rotatable bonds is 4. The second-order valence-corrected chi connectivity index (χ2v) is 8.29. The maximum atomic E-state index is 13.2. The Morgan fingerprint density at radius 1 is 1.03 bits per heavy atom. The zero-order valence-electron chi connectivity index (χ0n) is 18.1. The molecule has 1 saturated heterocycles. The number of likely N-dealkylation sites (tertiary alicyclic amines) is 1. The molecule has 0 aliphatic carbocycles. The van der Waals surface area contributed by atoms with Crippen molar-refractivity contribution in [1.29, 1.82) is 0 Å². The number of ether oxygens (including phenoxy) is 1. The van der Waals surface area contributed by atoms with Crippen molar-refractivity contribution in [3.8, 4) is 0 Å². The Morgan fingerprint density at radius 3 is 2.48 bits per heavy atom. The van der Waals surface area contributed by atoms with Crippen LogP contribution >= 0.6 is 0 Å². The maximum Gasteiger partial charge on any atom is 0.354 e. The lowest BCUT2D eigenvalue weighted by molar-refractivity contribution is -0.137. The van der Waals surface area contributed by atoms with Crippen molar-refractivity contribution in [2.75, 3.05) is 26.7 Å². The average molecular weight is 424 g/mol. The number of carbonyl (C=O) groups excluding carboxylic acids is 3. The largest absolute Gasteiger partial charge is 0.464 e. The van der Waals surface area contributed by atoms with Gasteiger partial charge in [0.2, 0.25) is 11.8 Å². The third-order valence-corrected chi connectivity index (χ3v) is 6.57. The van der Waals surface area contributed by atoms with Crippen molar-refractivity contribution in [3.05, 3.63) is 59.4 Å². The molecule has 0 bridgehead atoms.